The summed E-state index contributed by atoms with van der Waals surface area (Å²) in [6.07, 6.45) is 0.112. The average molecular weight is 672 g/mol. The zero-order valence-electron chi connectivity index (χ0n) is 30.2. The lowest BCUT2D eigenvalue weighted by atomic mass is 9.94. The Labute approximate surface area is 279 Å². The van der Waals surface area contributed by atoms with Gasteiger partial charge in [-0.1, -0.05) is 0 Å². The van der Waals surface area contributed by atoms with E-state index in [1.54, 1.807) is 13.8 Å². The van der Waals surface area contributed by atoms with Crippen LogP contribution in [0.5, 0.6) is 0 Å². The van der Waals surface area contributed by atoms with Crippen LogP contribution < -0.4 is 37.2 Å². The molecular formula is C31H57N7O7S. The predicted molar refractivity (Wildman–Crippen MR) is 180 cm³/mol. The number of hydrogen-bond donors (Lipinski definition) is 8. The van der Waals surface area contributed by atoms with Crippen LogP contribution in [0.4, 0.5) is 0 Å². The SMILES string of the molecule is CC(C)(C)NC(=O)C(C)(C)NC(=O)C(C)(C)NC(=O)C(C)(C)NC(=O)C(C)(C)NC(=O)C(C)(C)NC(=O)C(C)(C)NC(=O)CCS. The molecule has 0 aliphatic rings. The zero-order chi connectivity index (χ0) is 36.9. The van der Waals surface area contributed by atoms with Crippen molar-refractivity contribution >= 4 is 54.0 Å². The van der Waals surface area contributed by atoms with Crippen LogP contribution in [0.2, 0.25) is 0 Å². The Kier molecular flexibility index (Phi) is 13.5. The Hall–Kier alpha value is -3.36. The maximum atomic E-state index is 13.3. The molecule has 7 amide bonds. The maximum Gasteiger partial charge on any atom is 0.246 e. The van der Waals surface area contributed by atoms with Gasteiger partial charge in [-0.25, -0.2) is 0 Å². The molecule has 0 saturated heterocycles. The Morgan fingerprint density at radius 1 is 0.370 bits per heavy atom. The van der Waals surface area contributed by atoms with Gasteiger partial charge in [0, 0.05) is 12.0 Å². The normalized spacial score (nSPS) is 13.1. The monoisotopic (exact) mass is 671 g/mol. The van der Waals surface area contributed by atoms with Gasteiger partial charge in [-0.2, -0.15) is 12.6 Å². The van der Waals surface area contributed by atoms with Crippen LogP contribution in [0.3, 0.4) is 0 Å². The largest absolute Gasteiger partial charge is 0.349 e. The lowest BCUT2D eigenvalue weighted by Crippen LogP contribution is -2.69. The van der Waals surface area contributed by atoms with Gasteiger partial charge in [0.05, 0.1) is 0 Å². The number of rotatable bonds is 14. The van der Waals surface area contributed by atoms with Crippen molar-refractivity contribution in [3.63, 3.8) is 0 Å². The van der Waals surface area contributed by atoms with Gasteiger partial charge < -0.3 is 37.2 Å². The first kappa shape index (κ1) is 42.6. The van der Waals surface area contributed by atoms with E-state index >= 15 is 0 Å². The van der Waals surface area contributed by atoms with E-state index in [0.29, 0.717) is 5.75 Å². The molecule has 264 valence electrons. The van der Waals surface area contributed by atoms with Crippen LogP contribution >= 0.6 is 12.6 Å². The van der Waals surface area contributed by atoms with Crippen LogP contribution in [-0.4, -0.2) is 85.9 Å². The molecule has 0 aliphatic heterocycles. The highest BCUT2D eigenvalue weighted by Crippen LogP contribution is 2.16. The van der Waals surface area contributed by atoms with Gasteiger partial charge in [-0.15, -0.1) is 0 Å². The minimum absolute atomic E-state index is 0.112. The molecule has 0 fully saturated rings. The van der Waals surface area contributed by atoms with Gasteiger partial charge in [0.1, 0.15) is 33.2 Å². The number of carbonyl (C=O) groups is 7. The predicted octanol–water partition coefficient (Wildman–Crippen LogP) is 0.590. The molecule has 7 N–H and O–H groups in total. The van der Waals surface area contributed by atoms with Crippen molar-refractivity contribution in [3.8, 4) is 0 Å². The third-order valence-corrected chi connectivity index (χ3v) is 7.04. The van der Waals surface area contributed by atoms with E-state index in [9.17, 15) is 33.6 Å². The van der Waals surface area contributed by atoms with Gasteiger partial charge in [0.15, 0.2) is 0 Å². The van der Waals surface area contributed by atoms with E-state index in [4.69, 9.17) is 0 Å². The van der Waals surface area contributed by atoms with Crippen molar-refractivity contribution in [3.05, 3.63) is 0 Å². The topological polar surface area (TPSA) is 204 Å². The van der Waals surface area contributed by atoms with E-state index in [2.05, 4.69) is 49.8 Å². The molecule has 0 aromatic rings. The van der Waals surface area contributed by atoms with Crippen LogP contribution in [0, 0.1) is 0 Å². The summed E-state index contributed by atoms with van der Waals surface area (Å²) in [6, 6.07) is 0. The van der Waals surface area contributed by atoms with Gasteiger partial charge in [-0.05, 0) is 110 Å². The van der Waals surface area contributed by atoms with Crippen LogP contribution in [0.15, 0.2) is 0 Å². The summed E-state index contributed by atoms with van der Waals surface area (Å²) in [7, 11) is 0. The second-order valence-electron chi connectivity index (χ2n) is 15.7. The lowest BCUT2D eigenvalue weighted by molar-refractivity contribution is -0.142. The molecule has 0 aromatic carbocycles. The van der Waals surface area contributed by atoms with E-state index < -0.39 is 74.2 Å². The van der Waals surface area contributed by atoms with Crippen molar-refractivity contribution in [2.24, 2.45) is 0 Å². The second kappa shape index (κ2) is 14.6. The number of carbonyl (C=O) groups excluding carboxylic acids is 7. The van der Waals surface area contributed by atoms with Crippen molar-refractivity contribution in [1.29, 1.82) is 0 Å². The second-order valence-corrected chi connectivity index (χ2v) is 16.2. The summed E-state index contributed by atoms with van der Waals surface area (Å²) in [6.45, 7) is 23.0. The quantitative estimate of drug-likeness (QED) is 0.123. The summed E-state index contributed by atoms with van der Waals surface area (Å²) in [5.41, 5.74) is -9.22. The number of hydrogen-bond acceptors (Lipinski definition) is 8. The Balaban J connectivity index is 5.56. The Bertz CT molecular complexity index is 1220. The van der Waals surface area contributed by atoms with Gasteiger partial charge in [0.2, 0.25) is 41.4 Å². The summed E-state index contributed by atoms with van der Waals surface area (Å²) in [5, 5.41) is 18.5. The molecule has 0 unspecified atom stereocenters. The smallest absolute Gasteiger partial charge is 0.246 e. The third kappa shape index (κ3) is 12.8. The molecule has 46 heavy (non-hydrogen) atoms. The molecule has 0 radical (unpaired) electrons. The third-order valence-electron chi connectivity index (χ3n) is 6.82. The molecule has 15 heteroatoms. The summed E-state index contributed by atoms with van der Waals surface area (Å²) in [4.78, 5) is 90.6. The highest BCUT2D eigenvalue weighted by atomic mass is 32.1. The molecule has 0 aliphatic carbocycles. The van der Waals surface area contributed by atoms with Gasteiger partial charge in [0.25, 0.3) is 0 Å². The van der Waals surface area contributed by atoms with Gasteiger partial charge >= 0.3 is 0 Å². The number of nitrogens with one attached hydrogen (secondary N) is 7. The molecule has 0 saturated carbocycles. The fraction of sp³-hybridized carbons (Fsp3) is 0.774. The van der Waals surface area contributed by atoms with Gasteiger partial charge in [-0.3, -0.25) is 33.6 Å². The zero-order valence-corrected chi connectivity index (χ0v) is 31.1. The van der Waals surface area contributed by atoms with Crippen molar-refractivity contribution in [2.45, 2.75) is 149 Å². The molecular weight excluding hydrogens is 614 g/mol. The minimum Gasteiger partial charge on any atom is -0.349 e. The van der Waals surface area contributed by atoms with E-state index in [-0.39, 0.29) is 12.3 Å². The number of amides is 7. The fourth-order valence-electron chi connectivity index (χ4n) is 3.55. The first-order chi connectivity index (χ1) is 20.2. The number of thiol groups is 1. The first-order valence-corrected chi connectivity index (χ1v) is 15.7. The maximum absolute atomic E-state index is 13.3. The molecule has 14 nitrogen and oxygen atoms in total. The molecule has 0 spiro atoms. The lowest BCUT2D eigenvalue weighted by Gasteiger charge is -2.37. The standard InChI is InChI=1S/C31H57N7O7S/c1-25(2,3)33-19(40)27(6,7)35-21(42)29(10,11)37-23(44)31(14,15)38-24(45)30(12,13)36-22(43)28(8,9)34-20(41)26(4,5)32-18(39)16-17-46/h46H,16-17H2,1-15H3,(H,32,39)(H,33,40)(H,34,41)(H,35,42)(H,36,43)(H,37,44)(H,38,45). The summed E-state index contributed by atoms with van der Waals surface area (Å²) < 4.78 is 0. The Morgan fingerprint density at radius 2 is 0.565 bits per heavy atom. The molecule has 0 bridgehead atoms. The molecule has 0 aromatic heterocycles. The summed E-state index contributed by atoms with van der Waals surface area (Å²) in [5.74, 6) is -3.84. The van der Waals surface area contributed by atoms with Crippen molar-refractivity contribution in [1.82, 2.24) is 37.2 Å². The average Bonchev–Trinajstić information content (AvgIpc) is 2.81. The molecule has 0 atom stereocenters. The van der Waals surface area contributed by atoms with E-state index in [0.717, 1.165) is 0 Å². The summed E-state index contributed by atoms with van der Waals surface area (Å²) >= 11 is 4.01. The van der Waals surface area contributed by atoms with E-state index in [1.165, 1.54) is 69.2 Å². The molecule has 0 heterocycles. The van der Waals surface area contributed by atoms with Crippen molar-refractivity contribution in [2.75, 3.05) is 5.75 Å². The first-order valence-electron chi connectivity index (χ1n) is 15.1. The van der Waals surface area contributed by atoms with Crippen LogP contribution in [-0.2, 0) is 33.6 Å². The van der Waals surface area contributed by atoms with Crippen molar-refractivity contribution < 1.29 is 33.6 Å². The fourth-order valence-corrected chi connectivity index (χ4v) is 3.75. The molecule has 0 rings (SSSR count). The highest BCUT2D eigenvalue weighted by molar-refractivity contribution is 7.80. The minimum atomic E-state index is -1.55. The van der Waals surface area contributed by atoms with E-state index in [1.807, 2.05) is 20.8 Å². The van der Waals surface area contributed by atoms with Crippen LogP contribution in [0.25, 0.3) is 0 Å². The Morgan fingerprint density at radius 3 is 0.761 bits per heavy atom. The highest BCUT2D eigenvalue weighted by Gasteiger charge is 2.44. The van der Waals surface area contributed by atoms with Crippen LogP contribution in [0.1, 0.15) is 110 Å².